The minimum atomic E-state index is -0.146. The lowest BCUT2D eigenvalue weighted by atomic mass is 10.1. The summed E-state index contributed by atoms with van der Waals surface area (Å²) in [7, 11) is 3.60. The highest BCUT2D eigenvalue weighted by Crippen LogP contribution is 2.51. The maximum atomic E-state index is 13.8. The highest BCUT2D eigenvalue weighted by atomic mass is 32.2. The van der Waals surface area contributed by atoms with Gasteiger partial charge in [0, 0.05) is 18.0 Å². The van der Waals surface area contributed by atoms with E-state index in [1.54, 1.807) is 48.0 Å². The topological polar surface area (TPSA) is 65.4 Å². The number of ether oxygens (including phenoxy) is 1. The summed E-state index contributed by atoms with van der Waals surface area (Å²) in [5.74, 6) is 0.766. The first-order valence-corrected chi connectivity index (χ1v) is 12.3. The molecule has 0 aliphatic carbocycles. The highest BCUT2D eigenvalue weighted by molar-refractivity contribution is 8.20. The molecule has 2 aliphatic heterocycles. The second kappa shape index (κ2) is 8.77. The number of hydrogen-bond donors (Lipinski definition) is 1. The van der Waals surface area contributed by atoms with E-state index in [0.717, 1.165) is 32.6 Å². The molecule has 3 aromatic rings. The van der Waals surface area contributed by atoms with Crippen LogP contribution in [0.5, 0.6) is 11.5 Å². The average Bonchev–Trinajstić information content (AvgIpc) is 3.32. The summed E-state index contributed by atoms with van der Waals surface area (Å²) in [6.07, 6.45) is 0. The molecule has 2 heterocycles. The second-order valence-corrected chi connectivity index (χ2v) is 10.1. The molecule has 172 valence electrons. The Bertz CT molecular complexity index is 1370. The molecular formula is C26H23N3O3S2. The fourth-order valence-electron chi connectivity index (χ4n) is 3.77. The number of methoxy groups -OCH3 is 1. The minimum absolute atomic E-state index is 0.143. The Labute approximate surface area is 206 Å². The van der Waals surface area contributed by atoms with Crippen molar-refractivity contribution in [3.05, 3.63) is 81.7 Å². The summed E-state index contributed by atoms with van der Waals surface area (Å²) in [5.41, 5.74) is 4.76. The summed E-state index contributed by atoms with van der Waals surface area (Å²) in [6, 6.07) is 18.5. The lowest BCUT2D eigenvalue weighted by Crippen LogP contribution is -2.29. The Morgan fingerprint density at radius 1 is 0.941 bits per heavy atom. The number of benzene rings is 3. The van der Waals surface area contributed by atoms with E-state index >= 15 is 0 Å². The lowest BCUT2D eigenvalue weighted by molar-refractivity contribution is -0.113. The van der Waals surface area contributed by atoms with E-state index in [2.05, 4.69) is 6.92 Å². The largest absolute Gasteiger partial charge is 0.508 e. The number of carbonyl (C=O) groups excluding carboxylic acids is 1. The van der Waals surface area contributed by atoms with Gasteiger partial charge in [0.1, 0.15) is 16.4 Å². The molecule has 1 amide bonds. The molecule has 5 rings (SSSR count). The van der Waals surface area contributed by atoms with Gasteiger partial charge >= 0.3 is 0 Å². The van der Waals surface area contributed by atoms with Crippen LogP contribution in [0.2, 0.25) is 0 Å². The molecule has 0 radical (unpaired) electrons. The number of fused-ring (bicyclic) bond motifs is 1. The number of carbonyl (C=O) groups is 1. The van der Waals surface area contributed by atoms with Crippen LogP contribution < -0.4 is 14.5 Å². The van der Waals surface area contributed by atoms with Crippen molar-refractivity contribution >= 4 is 51.7 Å². The van der Waals surface area contributed by atoms with Gasteiger partial charge in [0.2, 0.25) is 0 Å². The van der Waals surface area contributed by atoms with Gasteiger partial charge in [-0.3, -0.25) is 9.69 Å². The average molecular weight is 490 g/mol. The zero-order chi connectivity index (χ0) is 24.0. The number of nitrogens with zero attached hydrogens (tertiary/aromatic N) is 3. The van der Waals surface area contributed by atoms with E-state index < -0.39 is 0 Å². The number of amides is 1. The third kappa shape index (κ3) is 3.93. The van der Waals surface area contributed by atoms with Crippen LogP contribution in [0.1, 0.15) is 11.1 Å². The zero-order valence-electron chi connectivity index (χ0n) is 19.2. The first-order chi connectivity index (χ1) is 16.4. The molecule has 8 heteroatoms. The number of aromatic hydroxyl groups is 1. The molecule has 0 unspecified atom stereocenters. The van der Waals surface area contributed by atoms with Crippen LogP contribution >= 0.6 is 23.5 Å². The number of anilines is 2. The van der Waals surface area contributed by atoms with Gasteiger partial charge in [-0.25, -0.2) is 4.99 Å². The molecule has 0 bridgehead atoms. The van der Waals surface area contributed by atoms with Crippen molar-refractivity contribution in [1.29, 1.82) is 0 Å². The van der Waals surface area contributed by atoms with Crippen LogP contribution in [0.25, 0.3) is 0 Å². The molecule has 6 nitrogen and oxygen atoms in total. The number of aryl methyl sites for hydroxylation is 2. The molecule has 34 heavy (non-hydrogen) atoms. The maximum absolute atomic E-state index is 13.8. The first-order valence-electron chi connectivity index (χ1n) is 10.7. The van der Waals surface area contributed by atoms with Gasteiger partial charge in [0.05, 0.1) is 29.2 Å². The molecule has 0 spiro atoms. The van der Waals surface area contributed by atoms with Crippen molar-refractivity contribution in [2.75, 3.05) is 24.0 Å². The van der Waals surface area contributed by atoms with Crippen LogP contribution in [0.15, 0.2) is 80.5 Å². The normalized spacial score (nSPS) is 18.7. The molecular weight excluding hydrogens is 466 g/mol. The second-order valence-electron chi connectivity index (χ2n) is 8.05. The van der Waals surface area contributed by atoms with E-state index in [1.807, 2.05) is 55.3 Å². The van der Waals surface area contributed by atoms with Crippen molar-refractivity contribution in [2.24, 2.45) is 4.99 Å². The highest BCUT2D eigenvalue weighted by Gasteiger charge is 2.40. The number of aliphatic imine (C=N–C) groups is 1. The molecule has 3 aromatic carbocycles. The van der Waals surface area contributed by atoms with Crippen LogP contribution in [0, 0.1) is 13.8 Å². The fraction of sp³-hybridized carbons (Fsp3) is 0.154. The number of phenols is 1. The van der Waals surface area contributed by atoms with Gasteiger partial charge in [-0.1, -0.05) is 17.8 Å². The predicted octanol–water partition coefficient (Wildman–Crippen LogP) is 6.20. The minimum Gasteiger partial charge on any atom is -0.508 e. The van der Waals surface area contributed by atoms with Crippen LogP contribution in [-0.2, 0) is 4.79 Å². The third-order valence-electron chi connectivity index (χ3n) is 5.84. The van der Waals surface area contributed by atoms with Crippen LogP contribution in [-0.4, -0.2) is 30.3 Å². The summed E-state index contributed by atoms with van der Waals surface area (Å²) in [4.78, 5) is 23.9. The van der Waals surface area contributed by atoms with Gasteiger partial charge in [0.25, 0.3) is 5.91 Å². The van der Waals surface area contributed by atoms with Gasteiger partial charge in [-0.15, -0.1) is 0 Å². The quantitative estimate of drug-likeness (QED) is 0.442. The molecule has 0 aromatic heterocycles. The van der Waals surface area contributed by atoms with Crippen molar-refractivity contribution < 1.29 is 14.6 Å². The summed E-state index contributed by atoms with van der Waals surface area (Å²) in [6.45, 7) is 4.11. The zero-order valence-corrected chi connectivity index (χ0v) is 20.8. The number of thioether (sulfide) groups is 2. The summed E-state index contributed by atoms with van der Waals surface area (Å²) < 4.78 is 5.38. The SMILES string of the molecule is COc1ccc2c(c1)N(C)/C(=C1/SC(=Nc3ccc(C)c(C)c3)N(c3ccc(O)cc3)C1=O)S2. The number of amidine groups is 1. The van der Waals surface area contributed by atoms with Gasteiger partial charge in [-0.2, -0.15) is 0 Å². The molecule has 1 fully saturated rings. The Morgan fingerprint density at radius 3 is 2.41 bits per heavy atom. The third-order valence-corrected chi connectivity index (χ3v) is 8.23. The molecule has 1 saturated heterocycles. The Kier molecular flexibility index (Phi) is 5.79. The van der Waals surface area contributed by atoms with E-state index in [0.29, 0.717) is 15.8 Å². The molecule has 0 saturated carbocycles. The Balaban J connectivity index is 1.60. The van der Waals surface area contributed by atoms with Gasteiger partial charge in [-0.05, 0) is 85.3 Å². The fourth-order valence-corrected chi connectivity index (χ4v) is 6.09. The predicted molar refractivity (Wildman–Crippen MR) is 140 cm³/mol. The maximum Gasteiger partial charge on any atom is 0.274 e. The summed E-state index contributed by atoms with van der Waals surface area (Å²) in [5, 5.41) is 11.2. The molecule has 0 atom stereocenters. The molecule has 1 N–H and O–H groups in total. The van der Waals surface area contributed by atoms with Crippen molar-refractivity contribution in [3.8, 4) is 11.5 Å². The standard InChI is InChI=1S/C26H23N3O3S2/c1-15-5-6-17(13-16(15)2)27-26-29(18-7-9-19(30)10-8-18)24(31)23(34-26)25-28(3)21-14-20(32-4)11-12-22(21)33-25/h5-14,30H,1-4H3/b25-23-,27-26?. The number of rotatable bonds is 3. The van der Waals surface area contributed by atoms with Crippen LogP contribution in [0.4, 0.5) is 17.1 Å². The van der Waals surface area contributed by atoms with Crippen molar-refractivity contribution in [1.82, 2.24) is 0 Å². The van der Waals surface area contributed by atoms with Crippen molar-refractivity contribution in [2.45, 2.75) is 18.7 Å². The monoisotopic (exact) mass is 489 g/mol. The number of phenolic OH excluding ortho intramolecular Hbond substituents is 1. The molecule has 2 aliphatic rings. The lowest BCUT2D eigenvalue weighted by Gasteiger charge is -2.17. The first kappa shape index (κ1) is 22.4. The van der Waals surface area contributed by atoms with Gasteiger partial charge < -0.3 is 14.7 Å². The number of hydrogen-bond acceptors (Lipinski definition) is 7. The van der Waals surface area contributed by atoms with Crippen LogP contribution in [0.3, 0.4) is 0 Å². The van der Waals surface area contributed by atoms with Gasteiger partial charge in [0.15, 0.2) is 5.17 Å². The Hall–Kier alpha value is -3.36. The van der Waals surface area contributed by atoms with E-state index in [4.69, 9.17) is 9.73 Å². The van der Waals surface area contributed by atoms with E-state index in [9.17, 15) is 9.90 Å². The summed E-state index contributed by atoms with van der Waals surface area (Å²) >= 11 is 2.93. The van der Waals surface area contributed by atoms with E-state index in [1.165, 1.54) is 17.3 Å². The Morgan fingerprint density at radius 2 is 1.71 bits per heavy atom. The van der Waals surface area contributed by atoms with E-state index in [-0.39, 0.29) is 11.7 Å². The smallest absolute Gasteiger partial charge is 0.274 e. The van der Waals surface area contributed by atoms with Crippen molar-refractivity contribution in [3.63, 3.8) is 0 Å².